The van der Waals surface area contributed by atoms with Crippen LogP contribution in [-0.4, -0.2) is 23.5 Å². The van der Waals surface area contributed by atoms with Crippen molar-refractivity contribution in [1.29, 1.82) is 0 Å². The van der Waals surface area contributed by atoms with Crippen molar-refractivity contribution < 1.29 is 4.79 Å². The van der Waals surface area contributed by atoms with Gasteiger partial charge in [0.2, 0.25) is 0 Å². The zero-order valence-corrected chi connectivity index (χ0v) is 12.5. The van der Waals surface area contributed by atoms with E-state index in [1.54, 1.807) is 12.3 Å². The third-order valence-electron chi connectivity index (χ3n) is 3.75. The Morgan fingerprint density at radius 1 is 1.42 bits per heavy atom. The van der Waals surface area contributed by atoms with Crippen LogP contribution in [0.25, 0.3) is 0 Å². The van der Waals surface area contributed by atoms with Crippen LogP contribution >= 0.6 is 15.9 Å². The maximum atomic E-state index is 12.1. The first-order valence-electron chi connectivity index (χ1n) is 6.83. The second-order valence-corrected chi connectivity index (χ2v) is 5.99. The van der Waals surface area contributed by atoms with Crippen molar-refractivity contribution in [3.05, 3.63) is 28.5 Å². The zero-order valence-electron chi connectivity index (χ0n) is 10.9. The molecular formula is C14H20BrN3O. The molecule has 0 radical (unpaired) electrons. The molecule has 0 bridgehead atoms. The van der Waals surface area contributed by atoms with Crippen LogP contribution in [0.1, 0.15) is 42.6 Å². The molecule has 104 valence electrons. The topological polar surface area (TPSA) is 68.0 Å². The minimum atomic E-state index is -0.131. The molecule has 0 spiro atoms. The molecule has 1 heterocycles. The second kappa shape index (κ2) is 7.01. The highest BCUT2D eigenvalue weighted by atomic mass is 79.9. The van der Waals surface area contributed by atoms with Gasteiger partial charge in [0.1, 0.15) is 5.69 Å². The van der Waals surface area contributed by atoms with Crippen LogP contribution in [0.15, 0.2) is 22.8 Å². The van der Waals surface area contributed by atoms with Crippen molar-refractivity contribution in [1.82, 2.24) is 10.3 Å². The average Bonchev–Trinajstić information content (AvgIpc) is 2.46. The third-order valence-corrected chi connectivity index (χ3v) is 4.22. The van der Waals surface area contributed by atoms with Gasteiger partial charge in [0.15, 0.2) is 0 Å². The van der Waals surface area contributed by atoms with Crippen LogP contribution in [0.5, 0.6) is 0 Å². The van der Waals surface area contributed by atoms with Gasteiger partial charge in [-0.05, 0) is 46.8 Å². The number of nitrogens with one attached hydrogen (secondary N) is 1. The lowest BCUT2D eigenvalue weighted by atomic mass is 9.84. The van der Waals surface area contributed by atoms with Crippen LogP contribution in [0, 0.1) is 5.92 Å². The molecule has 1 aromatic rings. The summed E-state index contributed by atoms with van der Waals surface area (Å²) in [6.45, 7) is 0.493. The molecule has 2 rings (SSSR count). The van der Waals surface area contributed by atoms with E-state index >= 15 is 0 Å². The highest BCUT2D eigenvalue weighted by Crippen LogP contribution is 2.26. The average molecular weight is 326 g/mol. The maximum absolute atomic E-state index is 12.1. The molecule has 3 N–H and O–H groups in total. The minimum Gasteiger partial charge on any atom is -0.346 e. The Bertz CT molecular complexity index is 415. The van der Waals surface area contributed by atoms with Crippen molar-refractivity contribution in [3.63, 3.8) is 0 Å². The number of aromatic nitrogens is 1. The standard InChI is InChI=1S/C14H20BrN3O/c15-11-6-7-12(17-9-11)14(19)18-13(8-16)10-4-2-1-3-5-10/h6-7,9-10,13H,1-5,8,16H2,(H,18,19). The van der Waals surface area contributed by atoms with Gasteiger partial charge in [-0.25, -0.2) is 4.98 Å². The lowest BCUT2D eigenvalue weighted by Gasteiger charge is -2.29. The molecule has 0 aliphatic heterocycles. The molecule has 1 atom stereocenters. The number of carbonyl (C=O) groups is 1. The summed E-state index contributed by atoms with van der Waals surface area (Å²) in [4.78, 5) is 16.2. The number of pyridine rings is 1. The highest BCUT2D eigenvalue weighted by molar-refractivity contribution is 9.10. The predicted octanol–water partition coefficient (Wildman–Crippen LogP) is 2.48. The summed E-state index contributed by atoms with van der Waals surface area (Å²) < 4.78 is 0.867. The Kier molecular flexibility index (Phi) is 5.34. The first kappa shape index (κ1) is 14.5. The van der Waals surface area contributed by atoms with Crippen molar-refractivity contribution in [2.24, 2.45) is 11.7 Å². The van der Waals surface area contributed by atoms with Crippen LogP contribution in [-0.2, 0) is 0 Å². The van der Waals surface area contributed by atoms with E-state index in [4.69, 9.17) is 5.73 Å². The van der Waals surface area contributed by atoms with Gasteiger partial charge < -0.3 is 11.1 Å². The van der Waals surface area contributed by atoms with Crippen molar-refractivity contribution in [3.8, 4) is 0 Å². The van der Waals surface area contributed by atoms with E-state index in [0.29, 0.717) is 18.2 Å². The van der Waals surface area contributed by atoms with Gasteiger partial charge in [0, 0.05) is 23.3 Å². The lowest BCUT2D eigenvalue weighted by molar-refractivity contribution is 0.0910. The van der Waals surface area contributed by atoms with Crippen LogP contribution in [0.2, 0.25) is 0 Å². The molecular weight excluding hydrogens is 306 g/mol. The van der Waals surface area contributed by atoms with Gasteiger partial charge in [-0.2, -0.15) is 0 Å². The summed E-state index contributed by atoms with van der Waals surface area (Å²) in [6, 6.07) is 3.60. The molecule has 0 aromatic carbocycles. The summed E-state index contributed by atoms with van der Waals surface area (Å²) in [6.07, 6.45) is 7.75. The molecule has 19 heavy (non-hydrogen) atoms. The number of hydrogen-bond donors (Lipinski definition) is 2. The van der Waals surface area contributed by atoms with E-state index in [1.165, 1.54) is 19.3 Å². The second-order valence-electron chi connectivity index (χ2n) is 5.08. The van der Waals surface area contributed by atoms with Gasteiger partial charge in [-0.3, -0.25) is 4.79 Å². The number of rotatable bonds is 4. The summed E-state index contributed by atoms with van der Waals surface area (Å²) >= 11 is 3.31. The van der Waals surface area contributed by atoms with Gasteiger partial charge >= 0.3 is 0 Å². The van der Waals surface area contributed by atoms with Crippen LogP contribution in [0.4, 0.5) is 0 Å². The molecule has 1 aromatic heterocycles. The van der Waals surface area contributed by atoms with Gasteiger partial charge in [-0.1, -0.05) is 19.3 Å². The molecule has 1 unspecified atom stereocenters. The summed E-state index contributed by atoms with van der Waals surface area (Å²) in [5, 5.41) is 3.03. The number of nitrogens with zero attached hydrogens (tertiary/aromatic N) is 1. The number of halogens is 1. The Hall–Kier alpha value is -0.940. The predicted molar refractivity (Wildman–Crippen MR) is 78.8 cm³/mol. The van der Waals surface area contributed by atoms with E-state index in [2.05, 4.69) is 26.2 Å². The molecule has 1 aliphatic carbocycles. The maximum Gasteiger partial charge on any atom is 0.270 e. The molecule has 1 fully saturated rings. The Morgan fingerprint density at radius 3 is 2.74 bits per heavy atom. The Labute approximate surface area is 122 Å². The van der Waals surface area contributed by atoms with E-state index in [-0.39, 0.29) is 11.9 Å². The van der Waals surface area contributed by atoms with Crippen LogP contribution < -0.4 is 11.1 Å². The summed E-state index contributed by atoms with van der Waals surface area (Å²) in [7, 11) is 0. The van der Waals surface area contributed by atoms with Crippen molar-refractivity contribution >= 4 is 21.8 Å². The van der Waals surface area contributed by atoms with E-state index in [9.17, 15) is 4.79 Å². The number of nitrogens with two attached hydrogens (primary N) is 1. The normalized spacial score (nSPS) is 18.0. The summed E-state index contributed by atoms with van der Waals surface area (Å²) in [5.41, 5.74) is 6.25. The van der Waals surface area contributed by atoms with Crippen LogP contribution in [0.3, 0.4) is 0 Å². The minimum absolute atomic E-state index is 0.0678. The molecule has 5 heteroatoms. The number of hydrogen-bond acceptors (Lipinski definition) is 3. The SMILES string of the molecule is NCC(NC(=O)c1ccc(Br)cn1)C1CCCCC1. The van der Waals surface area contributed by atoms with E-state index < -0.39 is 0 Å². The number of amides is 1. The molecule has 1 amide bonds. The first-order chi connectivity index (χ1) is 9.20. The molecule has 1 aliphatic rings. The van der Waals surface area contributed by atoms with Crippen molar-refractivity contribution in [2.75, 3.05) is 6.54 Å². The first-order valence-corrected chi connectivity index (χ1v) is 7.62. The largest absolute Gasteiger partial charge is 0.346 e. The molecule has 4 nitrogen and oxygen atoms in total. The molecule has 0 saturated heterocycles. The number of carbonyl (C=O) groups excluding carboxylic acids is 1. The van der Waals surface area contributed by atoms with Gasteiger partial charge in [-0.15, -0.1) is 0 Å². The van der Waals surface area contributed by atoms with E-state index in [0.717, 1.165) is 17.3 Å². The Balaban J connectivity index is 1.97. The van der Waals surface area contributed by atoms with Gasteiger partial charge in [0.25, 0.3) is 5.91 Å². The third kappa shape index (κ3) is 4.01. The van der Waals surface area contributed by atoms with E-state index in [1.807, 2.05) is 6.07 Å². The monoisotopic (exact) mass is 325 g/mol. The smallest absolute Gasteiger partial charge is 0.270 e. The highest BCUT2D eigenvalue weighted by Gasteiger charge is 2.24. The fourth-order valence-corrected chi connectivity index (χ4v) is 2.89. The Morgan fingerprint density at radius 2 is 2.16 bits per heavy atom. The molecule has 1 saturated carbocycles. The fourth-order valence-electron chi connectivity index (χ4n) is 2.66. The van der Waals surface area contributed by atoms with Gasteiger partial charge in [0.05, 0.1) is 0 Å². The lowest BCUT2D eigenvalue weighted by Crippen LogP contribution is -2.46. The summed E-state index contributed by atoms with van der Waals surface area (Å²) in [5.74, 6) is 0.381. The zero-order chi connectivity index (χ0) is 13.7. The fraction of sp³-hybridized carbons (Fsp3) is 0.571. The van der Waals surface area contributed by atoms with Crippen molar-refractivity contribution in [2.45, 2.75) is 38.1 Å². The quantitative estimate of drug-likeness (QED) is 0.893.